The fourth-order valence-corrected chi connectivity index (χ4v) is 7.70. The van der Waals surface area contributed by atoms with Crippen molar-refractivity contribution in [1.29, 1.82) is 0 Å². The van der Waals surface area contributed by atoms with Crippen LogP contribution in [0.2, 0.25) is 0 Å². The number of hydrogen-bond donors (Lipinski definition) is 0. The van der Waals surface area contributed by atoms with E-state index in [9.17, 15) is 4.79 Å². The summed E-state index contributed by atoms with van der Waals surface area (Å²) in [7, 11) is -1.99. The predicted octanol–water partition coefficient (Wildman–Crippen LogP) is 4.80. The average Bonchev–Trinajstić information content (AvgIpc) is 2.81. The van der Waals surface area contributed by atoms with Crippen LogP contribution in [0.3, 0.4) is 0 Å². The van der Waals surface area contributed by atoms with Crippen molar-refractivity contribution in [3.8, 4) is 0 Å². The number of carbonyl (C=O) groups is 1. The summed E-state index contributed by atoms with van der Waals surface area (Å²) < 4.78 is 10.1. The van der Waals surface area contributed by atoms with E-state index in [4.69, 9.17) is 8.57 Å². The molecule has 0 heterocycles. The van der Waals surface area contributed by atoms with Crippen LogP contribution in [0.4, 0.5) is 0 Å². The molecule has 0 aliphatic carbocycles. The molecular formula is C25H25BrO3P+. The fraction of sp³-hybridized carbons (Fsp3) is 0.160. The number of allylic oxidation sites excluding steroid dienone is 1. The molecule has 0 saturated carbocycles. The fourth-order valence-electron chi connectivity index (χ4n) is 3.45. The molecule has 0 bridgehead atoms. The summed E-state index contributed by atoms with van der Waals surface area (Å²) in [4.78, 5) is 12.4. The lowest BCUT2D eigenvalue weighted by Gasteiger charge is -2.26. The Kier molecular flexibility index (Phi) is 8.39. The van der Waals surface area contributed by atoms with Crippen LogP contribution in [0.25, 0.3) is 0 Å². The van der Waals surface area contributed by atoms with Gasteiger partial charge < -0.3 is 8.57 Å². The first-order chi connectivity index (χ1) is 14.7. The minimum absolute atomic E-state index is 0.214. The molecule has 0 aromatic heterocycles. The Bertz CT molecular complexity index is 863. The third-order valence-corrected chi connectivity index (χ3v) is 9.57. The van der Waals surface area contributed by atoms with Crippen LogP contribution in [0, 0.1) is 0 Å². The molecule has 154 valence electrons. The normalized spacial score (nSPS) is 11.9. The standard InChI is InChI=1S/C25H25BrO3P/c1-21(25(27)28-18-19-29-26)17-20-30(22-11-5-2-6-12-22,23-13-7-3-8-14-23)24-15-9-4-10-16-24/h2-17H,18-20H2,1H3/q+1. The number of esters is 1. The van der Waals surface area contributed by atoms with Crippen molar-refractivity contribution in [2.75, 3.05) is 19.4 Å². The van der Waals surface area contributed by atoms with Gasteiger partial charge in [0.15, 0.2) is 0 Å². The Labute approximate surface area is 187 Å². The van der Waals surface area contributed by atoms with Crippen LogP contribution in [-0.2, 0) is 13.4 Å². The second-order valence-electron chi connectivity index (χ2n) is 6.84. The summed E-state index contributed by atoms with van der Waals surface area (Å²) >= 11 is 2.87. The quantitative estimate of drug-likeness (QED) is 0.190. The Morgan fingerprint density at radius 3 is 1.63 bits per heavy atom. The summed E-state index contributed by atoms with van der Waals surface area (Å²) in [5.41, 5.74) is 0.608. The number of carbonyl (C=O) groups excluding carboxylic acids is 1. The zero-order valence-electron chi connectivity index (χ0n) is 16.9. The van der Waals surface area contributed by atoms with Crippen LogP contribution in [-0.4, -0.2) is 25.3 Å². The maximum Gasteiger partial charge on any atom is 0.333 e. The van der Waals surface area contributed by atoms with Gasteiger partial charge in [-0.3, -0.25) is 0 Å². The Hall–Kier alpha value is -2.26. The predicted molar refractivity (Wildman–Crippen MR) is 130 cm³/mol. The van der Waals surface area contributed by atoms with Gasteiger partial charge in [-0.15, -0.1) is 0 Å². The first-order valence-electron chi connectivity index (χ1n) is 9.81. The maximum absolute atomic E-state index is 12.4. The molecule has 3 aromatic carbocycles. The number of ether oxygens (including phenoxy) is 1. The van der Waals surface area contributed by atoms with Crippen LogP contribution in [0.5, 0.6) is 0 Å². The van der Waals surface area contributed by atoms with Gasteiger partial charge in [0.05, 0.1) is 29.0 Å². The minimum Gasteiger partial charge on any atom is -0.460 e. The van der Waals surface area contributed by atoms with Crippen LogP contribution < -0.4 is 15.9 Å². The minimum atomic E-state index is -1.99. The van der Waals surface area contributed by atoms with Gasteiger partial charge in [0, 0.05) is 5.57 Å². The second kappa shape index (κ2) is 11.2. The molecule has 0 unspecified atom stereocenters. The van der Waals surface area contributed by atoms with Gasteiger partial charge in [0.1, 0.15) is 29.8 Å². The summed E-state index contributed by atoms with van der Waals surface area (Å²) in [6.07, 6.45) is 2.76. The second-order valence-corrected chi connectivity index (χ2v) is 10.8. The molecule has 0 atom stereocenters. The third-order valence-electron chi connectivity index (χ3n) is 4.98. The monoisotopic (exact) mass is 483 g/mol. The highest BCUT2D eigenvalue weighted by atomic mass is 79.9. The van der Waals surface area contributed by atoms with E-state index in [-0.39, 0.29) is 12.6 Å². The SMILES string of the molecule is CC(=CC[P+](c1ccccc1)(c1ccccc1)c1ccccc1)C(=O)OCCOBr. The molecular weight excluding hydrogens is 459 g/mol. The van der Waals surface area contributed by atoms with Gasteiger partial charge in [-0.2, -0.15) is 0 Å². The molecule has 0 fully saturated rings. The largest absolute Gasteiger partial charge is 0.460 e. The highest BCUT2D eigenvalue weighted by molar-refractivity contribution is 9.06. The molecule has 3 rings (SSSR count). The van der Waals surface area contributed by atoms with Gasteiger partial charge in [0.25, 0.3) is 0 Å². The van der Waals surface area contributed by atoms with Crippen LogP contribution >= 0.6 is 23.5 Å². The van der Waals surface area contributed by atoms with E-state index in [1.54, 1.807) is 0 Å². The molecule has 0 saturated heterocycles. The molecule has 3 nitrogen and oxygen atoms in total. The smallest absolute Gasteiger partial charge is 0.333 e. The Morgan fingerprint density at radius 1 is 0.800 bits per heavy atom. The molecule has 30 heavy (non-hydrogen) atoms. The topological polar surface area (TPSA) is 35.5 Å². The van der Waals surface area contributed by atoms with E-state index < -0.39 is 7.26 Å². The van der Waals surface area contributed by atoms with Gasteiger partial charge in [0.2, 0.25) is 0 Å². The number of rotatable bonds is 9. The zero-order chi connectivity index (χ0) is 21.2. The third kappa shape index (κ3) is 5.26. The number of halogens is 1. The first kappa shape index (κ1) is 22.4. The summed E-state index contributed by atoms with van der Waals surface area (Å²) in [6, 6.07) is 31.8. The first-order valence-corrected chi connectivity index (χ1v) is 12.4. The average molecular weight is 484 g/mol. The molecule has 5 heteroatoms. The molecule has 0 aliphatic rings. The van der Waals surface area contributed by atoms with Gasteiger partial charge in [-0.05, 0) is 49.4 Å². The zero-order valence-corrected chi connectivity index (χ0v) is 19.4. The molecule has 0 amide bonds. The van der Waals surface area contributed by atoms with Gasteiger partial charge in [-0.1, -0.05) is 54.6 Å². The van der Waals surface area contributed by atoms with E-state index in [2.05, 4.69) is 89.1 Å². The summed E-state index contributed by atoms with van der Waals surface area (Å²) in [5, 5.41) is 3.85. The van der Waals surface area contributed by atoms with E-state index in [0.717, 1.165) is 6.16 Å². The van der Waals surface area contributed by atoms with E-state index in [0.29, 0.717) is 12.2 Å². The lowest BCUT2D eigenvalue weighted by molar-refractivity contribution is -0.139. The van der Waals surface area contributed by atoms with Crippen molar-refractivity contribution < 1.29 is 13.4 Å². The highest BCUT2D eigenvalue weighted by Gasteiger charge is 2.44. The van der Waals surface area contributed by atoms with E-state index in [1.165, 1.54) is 15.9 Å². The van der Waals surface area contributed by atoms with Crippen molar-refractivity contribution in [2.45, 2.75) is 6.92 Å². The van der Waals surface area contributed by atoms with Gasteiger partial charge in [-0.25, -0.2) is 4.79 Å². The molecule has 0 radical (unpaired) electrons. The number of benzene rings is 3. The van der Waals surface area contributed by atoms with Crippen molar-refractivity contribution in [3.05, 3.63) is 103 Å². The summed E-state index contributed by atoms with van der Waals surface area (Å²) in [5.74, 6) is -0.313. The molecule has 3 aromatic rings. The lowest BCUT2D eigenvalue weighted by Crippen LogP contribution is -2.33. The number of hydrogen-bond acceptors (Lipinski definition) is 3. The molecule has 0 spiro atoms. The summed E-state index contributed by atoms with van der Waals surface area (Å²) in [6.45, 7) is 2.34. The maximum atomic E-state index is 12.4. The molecule has 0 aliphatic heterocycles. The molecule has 0 N–H and O–H groups in total. The van der Waals surface area contributed by atoms with E-state index >= 15 is 0 Å². The van der Waals surface area contributed by atoms with E-state index in [1.807, 2.05) is 31.2 Å². The van der Waals surface area contributed by atoms with Crippen molar-refractivity contribution in [3.63, 3.8) is 0 Å². The van der Waals surface area contributed by atoms with Crippen LogP contribution in [0.1, 0.15) is 6.92 Å². The van der Waals surface area contributed by atoms with Crippen molar-refractivity contribution in [1.82, 2.24) is 0 Å². The van der Waals surface area contributed by atoms with Crippen molar-refractivity contribution >= 4 is 45.4 Å². The highest BCUT2D eigenvalue weighted by Crippen LogP contribution is 2.55. The lowest BCUT2D eigenvalue weighted by atomic mass is 10.3. The Balaban J connectivity index is 2.08. The van der Waals surface area contributed by atoms with Gasteiger partial charge >= 0.3 is 5.97 Å². The van der Waals surface area contributed by atoms with Crippen LogP contribution in [0.15, 0.2) is 103 Å². The Morgan fingerprint density at radius 2 is 1.23 bits per heavy atom. The van der Waals surface area contributed by atoms with Crippen molar-refractivity contribution in [2.24, 2.45) is 0 Å².